The standard InChI is InChI=1S/C18H23NO5/c1-2-23-16(20)12-6-4-3-5-9-13-19-17(21)14-10-7-8-11-15(14)24-18(19)22/h7-8,10-11H,2-6,9,12-13H2,1H3. The first-order valence-electron chi connectivity index (χ1n) is 8.41. The van der Waals surface area contributed by atoms with Crippen LogP contribution in [-0.4, -0.2) is 17.1 Å². The van der Waals surface area contributed by atoms with E-state index in [4.69, 9.17) is 9.15 Å². The second-order valence-corrected chi connectivity index (χ2v) is 5.64. The fraction of sp³-hybridized carbons (Fsp3) is 0.500. The van der Waals surface area contributed by atoms with Crippen molar-refractivity contribution < 1.29 is 13.9 Å². The minimum atomic E-state index is -0.610. The van der Waals surface area contributed by atoms with E-state index in [-0.39, 0.29) is 11.5 Å². The van der Waals surface area contributed by atoms with Gasteiger partial charge in [-0.25, -0.2) is 9.36 Å². The van der Waals surface area contributed by atoms with E-state index in [0.717, 1.165) is 36.7 Å². The van der Waals surface area contributed by atoms with Crippen molar-refractivity contribution in [2.75, 3.05) is 6.61 Å². The summed E-state index contributed by atoms with van der Waals surface area (Å²) >= 11 is 0. The highest BCUT2D eigenvalue weighted by molar-refractivity contribution is 5.74. The minimum absolute atomic E-state index is 0.155. The topological polar surface area (TPSA) is 78.5 Å². The van der Waals surface area contributed by atoms with E-state index in [1.807, 2.05) is 0 Å². The van der Waals surface area contributed by atoms with E-state index in [9.17, 15) is 14.4 Å². The Morgan fingerprint density at radius 3 is 2.58 bits per heavy atom. The molecule has 0 atom stereocenters. The number of benzene rings is 1. The van der Waals surface area contributed by atoms with Gasteiger partial charge in [-0.15, -0.1) is 0 Å². The van der Waals surface area contributed by atoms with Crippen molar-refractivity contribution in [1.29, 1.82) is 0 Å². The average molecular weight is 333 g/mol. The Kier molecular flexibility index (Phi) is 6.78. The molecule has 1 heterocycles. The molecule has 1 aromatic heterocycles. The van der Waals surface area contributed by atoms with Crippen LogP contribution >= 0.6 is 0 Å². The fourth-order valence-electron chi connectivity index (χ4n) is 2.61. The molecule has 1 aromatic carbocycles. The highest BCUT2D eigenvalue weighted by Gasteiger charge is 2.08. The normalized spacial score (nSPS) is 10.9. The van der Waals surface area contributed by atoms with Crippen LogP contribution < -0.4 is 11.3 Å². The zero-order valence-corrected chi connectivity index (χ0v) is 14.0. The van der Waals surface area contributed by atoms with Crippen molar-refractivity contribution >= 4 is 16.9 Å². The molecule has 2 rings (SSSR count). The number of esters is 1. The summed E-state index contributed by atoms with van der Waals surface area (Å²) < 4.78 is 11.2. The smallest absolute Gasteiger partial charge is 0.422 e. The van der Waals surface area contributed by atoms with E-state index in [0.29, 0.717) is 30.5 Å². The Balaban J connectivity index is 1.79. The lowest BCUT2D eigenvalue weighted by molar-refractivity contribution is -0.143. The van der Waals surface area contributed by atoms with Crippen LogP contribution in [0.1, 0.15) is 45.4 Å². The second-order valence-electron chi connectivity index (χ2n) is 5.64. The maximum absolute atomic E-state index is 12.3. The number of carbonyl (C=O) groups is 1. The molecule has 0 saturated heterocycles. The summed E-state index contributed by atoms with van der Waals surface area (Å²) in [5.74, 6) is -0.765. The van der Waals surface area contributed by atoms with Gasteiger partial charge in [0.2, 0.25) is 0 Å². The molecule has 0 radical (unpaired) electrons. The SMILES string of the molecule is CCOC(=O)CCCCCCCn1c(=O)oc2ccccc2c1=O. The van der Waals surface area contributed by atoms with E-state index in [1.165, 1.54) is 0 Å². The zero-order valence-electron chi connectivity index (χ0n) is 14.0. The molecule has 0 aliphatic heterocycles. The maximum atomic E-state index is 12.3. The molecule has 0 aliphatic carbocycles. The Morgan fingerprint density at radius 2 is 1.79 bits per heavy atom. The summed E-state index contributed by atoms with van der Waals surface area (Å²) in [6, 6.07) is 6.75. The molecule has 0 amide bonds. The van der Waals surface area contributed by atoms with Crippen LogP contribution in [0.15, 0.2) is 38.3 Å². The van der Waals surface area contributed by atoms with Crippen LogP contribution in [0.25, 0.3) is 11.0 Å². The van der Waals surface area contributed by atoms with E-state index >= 15 is 0 Å². The van der Waals surface area contributed by atoms with Crippen molar-refractivity contribution in [3.05, 3.63) is 45.2 Å². The number of rotatable bonds is 9. The van der Waals surface area contributed by atoms with Gasteiger partial charge in [-0.05, 0) is 31.9 Å². The largest absolute Gasteiger partial charge is 0.466 e. The van der Waals surface area contributed by atoms with Gasteiger partial charge in [-0.2, -0.15) is 0 Å². The van der Waals surface area contributed by atoms with E-state index < -0.39 is 5.76 Å². The first kappa shape index (κ1) is 18.0. The van der Waals surface area contributed by atoms with Crippen molar-refractivity contribution in [3.63, 3.8) is 0 Å². The van der Waals surface area contributed by atoms with Gasteiger partial charge < -0.3 is 9.15 Å². The molecule has 0 N–H and O–H groups in total. The lowest BCUT2D eigenvalue weighted by Gasteiger charge is -2.05. The number of carbonyl (C=O) groups excluding carboxylic acids is 1. The molecule has 6 heteroatoms. The number of hydrogen-bond donors (Lipinski definition) is 0. The minimum Gasteiger partial charge on any atom is -0.466 e. The summed E-state index contributed by atoms with van der Waals surface area (Å²) in [5.41, 5.74) is 0.0203. The average Bonchev–Trinajstić information content (AvgIpc) is 2.56. The number of para-hydroxylation sites is 1. The van der Waals surface area contributed by atoms with E-state index in [1.54, 1.807) is 31.2 Å². The Hall–Kier alpha value is -2.37. The third-order valence-electron chi connectivity index (χ3n) is 3.85. The van der Waals surface area contributed by atoms with Gasteiger partial charge in [0.05, 0.1) is 12.0 Å². The van der Waals surface area contributed by atoms with Crippen LogP contribution in [0.2, 0.25) is 0 Å². The molecule has 6 nitrogen and oxygen atoms in total. The molecular weight excluding hydrogens is 310 g/mol. The number of unbranched alkanes of at least 4 members (excludes halogenated alkanes) is 4. The number of aromatic nitrogens is 1. The lowest BCUT2D eigenvalue weighted by Crippen LogP contribution is -2.32. The summed E-state index contributed by atoms with van der Waals surface area (Å²) in [4.78, 5) is 35.4. The van der Waals surface area contributed by atoms with Crippen LogP contribution in [0.4, 0.5) is 0 Å². The summed E-state index contributed by atoms with van der Waals surface area (Å²) in [7, 11) is 0. The van der Waals surface area contributed by atoms with Crippen molar-refractivity contribution in [1.82, 2.24) is 4.57 Å². The molecule has 0 fully saturated rings. The van der Waals surface area contributed by atoms with Gasteiger partial charge >= 0.3 is 11.7 Å². The van der Waals surface area contributed by atoms with Crippen LogP contribution in [0, 0.1) is 0 Å². The second kappa shape index (κ2) is 9.05. The molecule has 24 heavy (non-hydrogen) atoms. The first-order chi connectivity index (χ1) is 11.6. The molecule has 0 bridgehead atoms. The maximum Gasteiger partial charge on any atom is 0.422 e. The predicted molar refractivity (Wildman–Crippen MR) is 91.1 cm³/mol. The van der Waals surface area contributed by atoms with Gasteiger partial charge in [0.15, 0.2) is 0 Å². The molecular formula is C18H23NO5. The number of nitrogens with zero attached hydrogens (tertiary/aromatic N) is 1. The quantitative estimate of drug-likeness (QED) is 0.521. The summed E-state index contributed by atoms with van der Waals surface area (Å²) in [6.45, 7) is 2.56. The highest BCUT2D eigenvalue weighted by atomic mass is 16.5. The van der Waals surface area contributed by atoms with Crippen LogP contribution in [-0.2, 0) is 16.1 Å². The first-order valence-corrected chi connectivity index (χ1v) is 8.41. The monoisotopic (exact) mass is 333 g/mol. The van der Waals surface area contributed by atoms with E-state index in [2.05, 4.69) is 0 Å². The van der Waals surface area contributed by atoms with Gasteiger partial charge in [-0.3, -0.25) is 9.59 Å². The highest BCUT2D eigenvalue weighted by Crippen LogP contribution is 2.08. The van der Waals surface area contributed by atoms with Crippen LogP contribution in [0.3, 0.4) is 0 Å². The molecule has 0 spiro atoms. The van der Waals surface area contributed by atoms with Crippen molar-refractivity contribution in [2.24, 2.45) is 0 Å². The van der Waals surface area contributed by atoms with Crippen LogP contribution in [0.5, 0.6) is 0 Å². The summed E-state index contributed by atoms with van der Waals surface area (Å²) in [6.07, 6.45) is 4.75. The molecule has 130 valence electrons. The number of hydrogen-bond acceptors (Lipinski definition) is 5. The predicted octanol–water partition coefficient (Wildman–Crippen LogP) is 2.86. The Bertz CT molecular complexity index is 790. The van der Waals surface area contributed by atoms with Gasteiger partial charge in [0, 0.05) is 13.0 Å². The van der Waals surface area contributed by atoms with Crippen molar-refractivity contribution in [3.8, 4) is 0 Å². The third-order valence-corrected chi connectivity index (χ3v) is 3.85. The van der Waals surface area contributed by atoms with Crippen molar-refractivity contribution in [2.45, 2.75) is 52.0 Å². The Morgan fingerprint density at radius 1 is 1.08 bits per heavy atom. The molecule has 0 saturated carbocycles. The summed E-state index contributed by atoms with van der Waals surface area (Å²) in [5, 5.41) is 0.423. The Labute approximate surface area is 140 Å². The molecule has 2 aromatic rings. The molecule has 0 aliphatic rings. The number of fused-ring (bicyclic) bond motifs is 1. The van der Waals surface area contributed by atoms with Gasteiger partial charge in [-0.1, -0.05) is 31.4 Å². The fourth-order valence-corrected chi connectivity index (χ4v) is 2.61. The molecule has 0 unspecified atom stereocenters. The third kappa shape index (κ3) is 4.81. The lowest BCUT2D eigenvalue weighted by atomic mass is 10.1. The van der Waals surface area contributed by atoms with Gasteiger partial charge in [0.1, 0.15) is 5.58 Å². The zero-order chi connectivity index (χ0) is 17.4. The van der Waals surface area contributed by atoms with Gasteiger partial charge in [0.25, 0.3) is 5.56 Å². The number of ether oxygens (including phenoxy) is 1.